The minimum Gasteiger partial charge on any atom is -0.394 e. The quantitative estimate of drug-likeness (QED) is 0.0261. The van der Waals surface area contributed by atoms with E-state index in [0.717, 1.165) is 116 Å². The van der Waals surface area contributed by atoms with Crippen molar-refractivity contribution in [3.05, 3.63) is 122 Å². The van der Waals surface area contributed by atoms with Crippen LogP contribution >= 0.6 is 0 Å². The molecule has 9 heteroatoms. The second kappa shape index (κ2) is 50.1. The van der Waals surface area contributed by atoms with Crippen LogP contribution in [0.2, 0.25) is 0 Å². The molecule has 0 aromatic rings. The average Bonchev–Trinajstić information content (AvgIpc) is 3.37. The third-order valence-electron chi connectivity index (χ3n) is 12.5. The predicted octanol–water partition coefficient (Wildman–Crippen LogP) is 14.0. The maximum atomic E-state index is 13.0. The van der Waals surface area contributed by atoms with Crippen LogP contribution in [0.5, 0.6) is 0 Å². The number of amides is 1. The number of carbonyl (C=O) groups is 1. The maximum Gasteiger partial charge on any atom is 0.220 e. The first-order valence-corrected chi connectivity index (χ1v) is 28.3. The van der Waals surface area contributed by atoms with Crippen molar-refractivity contribution in [3.8, 4) is 0 Å². The molecule has 1 aliphatic heterocycles. The summed E-state index contributed by atoms with van der Waals surface area (Å²) in [6.45, 7) is 3.64. The summed E-state index contributed by atoms with van der Waals surface area (Å²) in [7, 11) is 0. The van der Waals surface area contributed by atoms with Crippen LogP contribution in [0.1, 0.15) is 206 Å². The molecule has 0 aromatic carbocycles. The van der Waals surface area contributed by atoms with E-state index in [1.54, 1.807) is 6.08 Å². The van der Waals surface area contributed by atoms with Crippen LogP contribution < -0.4 is 5.32 Å². The molecule has 404 valence electrons. The van der Waals surface area contributed by atoms with Crippen molar-refractivity contribution in [2.45, 2.75) is 249 Å². The number of hydrogen-bond acceptors (Lipinski definition) is 8. The van der Waals surface area contributed by atoms with Gasteiger partial charge in [0.25, 0.3) is 0 Å². The Morgan fingerprint density at radius 2 is 0.873 bits per heavy atom. The molecule has 1 heterocycles. The molecule has 0 saturated carbocycles. The SMILES string of the molecule is CC/C=C\C/C=C\C/C=C\C/C=C\C/C=C\C/C=C\C/C=C\C/C=C\C/C=C\CCCCCCCC(=O)NC(COC1OC(CO)C(O)C(O)C1O)C(O)/C=C/CCCCCCCCCCCCCCC. The highest BCUT2D eigenvalue weighted by atomic mass is 16.7. The molecule has 0 spiro atoms. The Labute approximate surface area is 433 Å². The molecule has 7 unspecified atom stereocenters. The summed E-state index contributed by atoms with van der Waals surface area (Å²) in [5.74, 6) is -0.201. The van der Waals surface area contributed by atoms with E-state index < -0.39 is 49.5 Å². The summed E-state index contributed by atoms with van der Waals surface area (Å²) in [5.41, 5.74) is 0. The van der Waals surface area contributed by atoms with E-state index in [9.17, 15) is 30.3 Å². The lowest BCUT2D eigenvalue weighted by Gasteiger charge is -2.40. The summed E-state index contributed by atoms with van der Waals surface area (Å²) in [4.78, 5) is 13.0. The van der Waals surface area contributed by atoms with E-state index in [1.165, 1.54) is 70.6 Å². The van der Waals surface area contributed by atoms with Gasteiger partial charge in [0.2, 0.25) is 5.91 Å². The van der Waals surface area contributed by atoms with Gasteiger partial charge < -0.3 is 40.3 Å². The van der Waals surface area contributed by atoms with E-state index in [0.29, 0.717) is 6.42 Å². The van der Waals surface area contributed by atoms with Gasteiger partial charge in [0.05, 0.1) is 25.4 Å². The highest BCUT2D eigenvalue weighted by Crippen LogP contribution is 2.23. The van der Waals surface area contributed by atoms with Crippen LogP contribution in [0, 0.1) is 0 Å². The van der Waals surface area contributed by atoms with Crippen LogP contribution in [0.3, 0.4) is 0 Å². The highest BCUT2D eigenvalue weighted by Gasteiger charge is 2.44. The second-order valence-electron chi connectivity index (χ2n) is 19.0. The smallest absolute Gasteiger partial charge is 0.220 e. The van der Waals surface area contributed by atoms with Crippen LogP contribution in [-0.4, -0.2) is 87.5 Å². The number of carbonyl (C=O) groups excluding carboxylic acids is 1. The van der Waals surface area contributed by atoms with Gasteiger partial charge in [-0.1, -0.05) is 232 Å². The van der Waals surface area contributed by atoms with Crippen molar-refractivity contribution >= 4 is 5.91 Å². The van der Waals surface area contributed by atoms with E-state index in [-0.39, 0.29) is 12.5 Å². The monoisotopic (exact) mass is 990 g/mol. The predicted molar refractivity (Wildman–Crippen MR) is 299 cm³/mol. The molecule has 1 fully saturated rings. The molecule has 0 aliphatic carbocycles. The summed E-state index contributed by atoms with van der Waals surface area (Å²) >= 11 is 0. The molecule has 7 atom stereocenters. The first-order valence-electron chi connectivity index (χ1n) is 28.3. The van der Waals surface area contributed by atoms with E-state index in [4.69, 9.17) is 9.47 Å². The molecule has 1 amide bonds. The summed E-state index contributed by atoms with van der Waals surface area (Å²) in [6, 6.07) is -0.824. The summed E-state index contributed by atoms with van der Waals surface area (Å²) in [6.07, 6.45) is 68.2. The molecule has 0 bridgehead atoms. The van der Waals surface area contributed by atoms with Gasteiger partial charge in [0.1, 0.15) is 24.4 Å². The molecule has 9 nitrogen and oxygen atoms in total. The molecule has 1 aliphatic rings. The van der Waals surface area contributed by atoms with Gasteiger partial charge in [-0.05, 0) is 89.9 Å². The normalized spacial score (nSPS) is 20.2. The fourth-order valence-electron chi connectivity index (χ4n) is 8.09. The first-order chi connectivity index (χ1) is 34.8. The maximum absolute atomic E-state index is 13.0. The van der Waals surface area contributed by atoms with Crippen molar-refractivity contribution in [2.24, 2.45) is 0 Å². The minimum atomic E-state index is -1.58. The lowest BCUT2D eigenvalue weighted by Crippen LogP contribution is -2.60. The largest absolute Gasteiger partial charge is 0.394 e. The zero-order valence-corrected chi connectivity index (χ0v) is 44.7. The van der Waals surface area contributed by atoms with Gasteiger partial charge in [0, 0.05) is 6.42 Å². The third-order valence-corrected chi connectivity index (χ3v) is 12.5. The standard InChI is InChI=1S/C62H103NO8/c1-3-5-7-9-11-13-15-17-19-20-21-22-23-24-25-26-27-28-29-30-31-32-33-34-35-36-38-40-42-44-46-48-50-52-58(66)63-55(54-70-62-61(69)60(68)59(67)57(53-64)71-62)56(65)51-49-47-45-43-41-39-37-18-16-14-12-10-8-6-4-2/h5,7,11,13,17,19,21-22,24-25,27-28,30-31,33-34,36,38,49,51,55-57,59-62,64-65,67-69H,3-4,6,8-10,12,14-16,18,20,23,26,29,32,35,37,39-48,50,52-54H2,1-2H3,(H,63,66)/b7-5-,13-11-,19-17-,22-21-,25-24-,28-27-,31-30-,34-33-,38-36-,51-49+. The number of ether oxygens (including phenoxy) is 2. The van der Waals surface area contributed by atoms with Crippen LogP contribution in [0.4, 0.5) is 0 Å². The van der Waals surface area contributed by atoms with Gasteiger partial charge in [-0.3, -0.25) is 4.79 Å². The van der Waals surface area contributed by atoms with Gasteiger partial charge in [-0.2, -0.15) is 0 Å². The van der Waals surface area contributed by atoms with Gasteiger partial charge >= 0.3 is 0 Å². The fourth-order valence-corrected chi connectivity index (χ4v) is 8.09. The minimum absolute atomic E-state index is 0.201. The second-order valence-corrected chi connectivity index (χ2v) is 19.0. The van der Waals surface area contributed by atoms with Crippen molar-refractivity contribution in [3.63, 3.8) is 0 Å². The number of nitrogens with one attached hydrogen (secondary N) is 1. The number of unbranched alkanes of at least 4 members (excludes halogenated alkanes) is 18. The molecular formula is C62H103NO8. The van der Waals surface area contributed by atoms with Crippen LogP contribution in [0.25, 0.3) is 0 Å². The highest BCUT2D eigenvalue weighted by molar-refractivity contribution is 5.76. The molecule has 0 radical (unpaired) electrons. The number of aliphatic hydroxyl groups is 5. The molecule has 71 heavy (non-hydrogen) atoms. The zero-order valence-electron chi connectivity index (χ0n) is 44.7. The van der Waals surface area contributed by atoms with Crippen molar-refractivity contribution in [1.29, 1.82) is 0 Å². The third kappa shape index (κ3) is 39.8. The van der Waals surface area contributed by atoms with Gasteiger partial charge in [-0.25, -0.2) is 0 Å². The number of allylic oxidation sites excluding steroid dienone is 19. The Morgan fingerprint density at radius 3 is 1.30 bits per heavy atom. The Balaban J connectivity index is 2.25. The molecule has 1 rings (SSSR count). The molecular weight excluding hydrogens is 887 g/mol. The van der Waals surface area contributed by atoms with Crippen LogP contribution in [0.15, 0.2) is 122 Å². The molecule has 6 N–H and O–H groups in total. The number of hydrogen-bond donors (Lipinski definition) is 6. The van der Waals surface area contributed by atoms with Crippen molar-refractivity contribution in [2.75, 3.05) is 13.2 Å². The molecule has 1 saturated heterocycles. The van der Waals surface area contributed by atoms with E-state index >= 15 is 0 Å². The average molecular weight is 991 g/mol. The first kappa shape index (κ1) is 65.6. The fraction of sp³-hybridized carbons (Fsp3) is 0.661. The van der Waals surface area contributed by atoms with Crippen molar-refractivity contribution in [1.82, 2.24) is 5.32 Å². The lowest BCUT2D eigenvalue weighted by atomic mass is 9.99. The molecule has 0 aromatic heterocycles. The Kier molecular flexibility index (Phi) is 46.3. The Bertz CT molecular complexity index is 1520. The summed E-state index contributed by atoms with van der Waals surface area (Å²) < 4.78 is 11.2. The van der Waals surface area contributed by atoms with E-state index in [2.05, 4.69) is 129 Å². The summed E-state index contributed by atoms with van der Waals surface area (Å²) in [5, 5.41) is 54.4. The number of rotatable bonds is 46. The lowest BCUT2D eigenvalue weighted by molar-refractivity contribution is -0.302. The van der Waals surface area contributed by atoms with E-state index in [1.807, 2.05) is 6.08 Å². The Morgan fingerprint density at radius 1 is 0.493 bits per heavy atom. The van der Waals surface area contributed by atoms with Crippen LogP contribution in [-0.2, 0) is 14.3 Å². The van der Waals surface area contributed by atoms with Crippen molar-refractivity contribution < 1.29 is 39.8 Å². The van der Waals surface area contributed by atoms with Gasteiger partial charge in [0.15, 0.2) is 6.29 Å². The number of aliphatic hydroxyl groups excluding tert-OH is 5. The topological polar surface area (TPSA) is 149 Å². The van der Waals surface area contributed by atoms with Gasteiger partial charge in [-0.15, -0.1) is 0 Å². The zero-order chi connectivity index (χ0) is 51.5. The Hall–Kier alpha value is -3.41.